The van der Waals surface area contributed by atoms with Gasteiger partial charge in [-0.1, -0.05) is 18.2 Å². The van der Waals surface area contributed by atoms with Gasteiger partial charge in [-0.15, -0.1) is 11.6 Å². The first-order valence-corrected chi connectivity index (χ1v) is 5.18. The molecule has 0 amide bonds. The van der Waals surface area contributed by atoms with Gasteiger partial charge in [0.1, 0.15) is 0 Å². The van der Waals surface area contributed by atoms with Gasteiger partial charge in [-0.2, -0.15) is 5.10 Å². The molecule has 4 heteroatoms. The zero-order chi connectivity index (χ0) is 10.7. The van der Waals surface area contributed by atoms with Crippen LogP contribution in [0, 0.1) is 0 Å². The molecule has 2 aromatic rings. The Labute approximate surface area is 92.9 Å². The van der Waals surface area contributed by atoms with Gasteiger partial charge in [-0.05, 0) is 12.1 Å². The highest BCUT2D eigenvalue weighted by molar-refractivity contribution is 6.18. The largest absolute Gasteiger partial charge is 0.387 e. The molecule has 0 saturated carbocycles. The van der Waals surface area contributed by atoms with Gasteiger partial charge in [0, 0.05) is 11.8 Å². The fourth-order valence-corrected chi connectivity index (χ4v) is 1.50. The van der Waals surface area contributed by atoms with E-state index >= 15 is 0 Å². The lowest BCUT2D eigenvalue weighted by molar-refractivity contribution is 0.202. The molecular formula is C11H11ClN2O. The average Bonchev–Trinajstić information content (AvgIpc) is 2.78. The van der Waals surface area contributed by atoms with Crippen LogP contribution in [0.2, 0.25) is 0 Å². The van der Waals surface area contributed by atoms with Gasteiger partial charge in [0.05, 0.1) is 23.9 Å². The third kappa shape index (κ3) is 2.19. The van der Waals surface area contributed by atoms with Crippen molar-refractivity contribution in [1.82, 2.24) is 9.78 Å². The van der Waals surface area contributed by atoms with E-state index in [4.69, 9.17) is 11.6 Å². The molecule has 0 aliphatic heterocycles. The summed E-state index contributed by atoms with van der Waals surface area (Å²) in [5, 5.41) is 13.7. The number of aliphatic hydroxyl groups excluding tert-OH is 1. The Kier molecular flexibility index (Phi) is 3.04. The number of aromatic nitrogens is 2. The molecule has 1 N–H and O–H groups in total. The Balaban J connectivity index is 2.28. The number of alkyl halides is 1. The molecule has 0 fully saturated rings. The van der Waals surface area contributed by atoms with Gasteiger partial charge in [0.2, 0.25) is 0 Å². The smallest absolute Gasteiger partial charge is 0.0955 e. The number of hydrogen-bond donors (Lipinski definition) is 1. The first-order chi connectivity index (χ1) is 7.31. The average molecular weight is 223 g/mol. The van der Waals surface area contributed by atoms with E-state index in [0.717, 1.165) is 11.3 Å². The van der Waals surface area contributed by atoms with E-state index < -0.39 is 6.10 Å². The molecule has 15 heavy (non-hydrogen) atoms. The molecular weight excluding hydrogens is 212 g/mol. The Morgan fingerprint density at radius 2 is 2.07 bits per heavy atom. The number of halogens is 1. The lowest BCUT2D eigenvalue weighted by Gasteiger charge is -2.02. The summed E-state index contributed by atoms with van der Waals surface area (Å²) in [6, 6.07) is 9.72. The van der Waals surface area contributed by atoms with Crippen LogP contribution in [0.1, 0.15) is 11.7 Å². The molecule has 0 unspecified atom stereocenters. The van der Waals surface area contributed by atoms with Gasteiger partial charge in [0.15, 0.2) is 0 Å². The first-order valence-electron chi connectivity index (χ1n) is 4.65. The molecule has 1 heterocycles. The summed E-state index contributed by atoms with van der Waals surface area (Å²) in [7, 11) is 0. The van der Waals surface area contributed by atoms with Crippen LogP contribution in [-0.2, 0) is 0 Å². The van der Waals surface area contributed by atoms with E-state index in [9.17, 15) is 5.11 Å². The SMILES string of the molecule is O[C@@H](CCl)c1cnn(-c2ccccc2)c1. The van der Waals surface area contributed by atoms with E-state index in [1.807, 2.05) is 30.3 Å². The molecule has 1 aromatic heterocycles. The summed E-state index contributed by atoms with van der Waals surface area (Å²) in [6.07, 6.45) is 2.76. The molecule has 0 radical (unpaired) electrons. The molecule has 0 aliphatic carbocycles. The topological polar surface area (TPSA) is 38.1 Å². The second kappa shape index (κ2) is 4.47. The molecule has 0 bridgehead atoms. The number of nitrogens with zero attached hydrogens (tertiary/aromatic N) is 2. The molecule has 1 aromatic carbocycles. The standard InChI is InChI=1S/C11H11ClN2O/c12-6-11(15)9-7-13-14(8-9)10-4-2-1-3-5-10/h1-5,7-8,11,15H,6H2/t11-/m0/s1. The molecule has 2 rings (SSSR count). The maximum absolute atomic E-state index is 9.50. The summed E-state index contributed by atoms with van der Waals surface area (Å²) in [4.78, 5) is 0. The fourth-order valence-electron chi connectivity index (χ4n) is 1.32. The van der Waals surface area contributed by atoms with Gasteiger partial charge in [-0.25, -0.2) is 4.68 Å². The zero-order valence-electron chi connectivity index (χ0n) is 8.05. The molecule has 0 spiro atoms. The van der Waals surface area contributed by atoms with Gasteiger partial charge in [-0.3, -0.25) is 0 Å². The highest BCUT2D eigenvalue weighted by Gasteiger charge is 2.08. The predicted octanol–water partition coefficient (Wildman–Crippen LogP) is 2.14. The summed E-state index contributed by atoms with van der Waals surface area (Å²) in [5.41, 5.74) is 1.69. The van der Waals surface area contributed by atoms with E-state index in [2.05, 4.69) is 5.10 Å². The van der Waals surface area contributed by atoms with Crippen LogP contribution in [0.15, 0.2) is 42.7 Å². The molecule has 3 nitrogen and oxygen atoms in total. The normalized spacial score (nSPS) is 12.7. The van der Waals surface area contributed by atoms with Crippen molar-refractivity contribution in [2.75, 3.05) is 5.88 Å². The highest BCUT2D eigenvalue weighted by atomic mass is 35.5. The number of para-hydroxylation sites is 1. The minimum Gasteiger partial charge on any atom is -0.387 e. The van der Waals surface area contributed by atoms with Crippen LogP contribution >= 0.6 is 11.6 Å². The minimum absolute atomic E-state index is 0.181. The fraction of sp³-hybridized carbons (Fsp3) is 0.182. The Bertz CT molecular complexity index is 427. The van der Waals surface area contributed by atoms with E-state index in [1.54, 1.807) is 17.1 Å². The Morgan fingerprint density at radius 3 is 2.73 bits per heavy atom. The summed E-state index contributed by atoms with van der Waals surface area (Å²) in [6.45, 7) is 0. The van der Waals surface area contributed by atoms with Crippen molar-refractivity contribution >= 4 is 11.6 Å². The van der Waals surface area contributed by atoms with Crippen LogP contribution in [0.25, 0.3) is 5.69 Å². The van der Waals surface area contributed by atoms with Gasteiger partial charge < -0.3 is 5.11 Å². The van der Waals surface area contributed by atoms with Crippen molar-refractivity contribution in [3.8, 4) is 5.69 Å². The number of hydrogen-bond acceptors (Lipinski definition) is 2. The number of benzene rings is 1. The first kappa shape index (κ1) is 10.2. The van der Waals surface area contributed by atoms with Crippen molar-refractivity contribution in [2.45, 2.75) is 6.10 Å². The quantitative estimate of drug-likeness (QED) is 0.809. The second-order valence-electron chi connectivity index (χ2n) is 3.22. The Morgan fingerprint density at radius 1 is 1.33 bits per heavy atom. The van der Waals surface area contributed by atoms with Crippen molar-refractivity contribution in [2.24, 2.45) is 0 Å². The summed E-state index contributed by atoms with van der Waals surface area (Å²) < 4.78 is 1.71. The van der Waals surface area contributed by atoms with E-state index in [1.165, 1.54) is 0 Å². The van der Waals surface area contributed by atoms with Crippen LogP contribution in [0.3, 0.4) is 0 Å². The van der Waals surface area contributed by atoms with Crippen LogP contribution < -0.4 is 0 Å². The number of aliphatic hydroxyl groups is 1. The zero-order valence-corrected chi connectivity index (χ0v) is 8.80. The minimum atomic E-state index is -0.649. The van der Waals surface area contributed by atoms with Crippen LogP contribution in [0.4, 0.5) is 0 Å². The van der Waals surface area contributed by atoms with Crippen LogP contribution in [0.5, 0.6) is 0 Å². The number of rotatable bonds is 3. The lowest BCUT2D eigenvalue weighted by atomic mass is 10.2. The molecule has 0 aliphatic rings. The van der Waals surface area contributed by atoms with Gasteiger partial charge >= 0.3 is 0 Å². The molecule has 1 atom stereocenters. The van der Waals surface area contributed by atoms with Crippen molar-refractivity contribution in [3.63, 3.8) is 0 Å². The highest BCUT2D eigenvalue weighted by Crippen LogP contribution is 2.15. The summed E-state index contributed by atoms with van der Waals surface area (Å²) in [5.74, 6) is 0.181. The van der Waals surface area contributed by atoms with Gasteiger partial charge in [0.25, 0.3) is 0 Å². The van der Waals surface area contributed by atoms with Crippen molar-refractivity contribution in [1.29, 1.82) is 0 Å². The monoisotopic (exact) mass is 222 g/mol. The Hall–Kier alpha value is -1.32. The molecule has 0 saturated heterocycles. The van der Waals surface area contributed by atoms with Crippen LogP contribution in [-0.4, -0.2) is 20.8 Å². The van der Waals surface area contributed by atoms with E-state index in [0.29, 0.717) is 0 Å². The van der Waals surface area contributed by atoms with Crippen molar-refractivity contribution < 1.29 is 5.11 Å². The second-order valence-corrected chi connectivity index (χ2v) is 3.53. The third-order valence-electron chi connectivity index (χ3n) is 2.15. The maximum atomic E-state index is 9.50. The van der Waals surface area contributed by atoms with Crippen molar-refractivity contribution in [3.05, 3.63) is 48.3 Å². The third-order valence-corrected chi connectivity index (χ3v) is 2.45. The molecule has 78 valence electrons. The lowest BCUT2D eigenvalue weighted by Crippen LogP contribution is -1.97. The summed E-state index contributed by atoms with van der Waals surface area (Å²) >= 11 is 5.55. The maximum Gasteiger partial charge on any atom is 0.0955 e. The van der Waals surface area contributed by atoms with E-state index in [-0.39, 0.29) is 5.88 Å². The predicted molar refractivity (Wildman–Crippen MR) is 59.2 cm³/mol.